The van der Waals surface area contributed by atoms with Crippen LogP contribution in [0.3, 0.4) is 0 Å². The Balaban J connectivity index is 3.47. The molecule has 0 aromatic heterocycles. The van der Waals surface area contributed by atoms with Gasteiger partial charge in [0.1, 0.15) is 6.17 Å². The van der Waals surface area contributed by atoms with Crippen molar-refractivity contribution >= 4 is 15.9 Å². The minimum atomic E-state index is -4.38. The maximum Gasteiger partial charge on any atom is 0.391 e. The van der Waals surface area contributed by atoms with Gasteiger partial charge in [-0.05, 0) is 0 Å². The fraction of sp³-hybridized carbons (Fsp3) is 1.00. The molecule has 1 atom stereocenters. The maximum absolute atomic E-state index is 11.9. The van der Waals surface area contributed by atoms with Crippen LogP contribution in [0, 0.1) is 0 Å². The Hall–Kier alpha value is 0.200. The van der Waals surface area contributed by atoms with Gasteiger partial charge >= 0.3 is 6.18 Å². The summed E-state index contributed by atoms with van der Waals surface area (Å²) in [6.07, 6.45) is -7.56. The van der Waals surface area contributed by atoms with Gasteiger partial charge in [-0.15, -0.1) is 0 Å². The van der Waals surface area contributed by atoms with Gasteiger partial charge in [-0.1, -0.05) is 15.9 Å². The molecule has 0 aromatic carbocycles. The normalized spacial score (nSPS) is 15.7. The Labute approximate surface area is 58.4 Å². The van der Waals surface area contributed by atoms with Crippen molar-refractivity contribution in [3.63, 3.8) is 0 Å². The average Bonchev–Trinajstić information content (AvgIpc) is 1.62. The summed E-state index contributed by atoms with van der Waals surface area (Å²) in [6.45, 7) is 0. The van der Waals surface area contributed by atoms with Crippen LogP contribution < -0.4 is 0 Å². The molecule has 0 fully saturated rings. The molecule has 0 aliphatic heterocycles. The quantitative estimate of drug-likeness (QED) is 0.484. The van der Waals surface area contributed by atoms with E-state index in [0.29, 0.717) is 0 Å². The van der Waals surface area contributed by atoms with Crippen molar-refractivity contribution in [3.8, 4) is 0 Å². The van der Waals surface area contributed by atoms with E-state index < -0.39 is 18.8 Å². The second-order valence-corrected chi connectivity index (χ2v) is 2.22. The molecule has 0 saturated heterocycles. The van der Waals surface area contributed by atoms with Crippen LogP contribution in [-0.2, 0) is 0 Å². The van der Waals surface area contributed by atoms with Crippen LogP contribution in [0.5, 0.6) is 0 Å². The molecule has 0 nitrogen and oxygen atoms in total. The first-order valence-corrected chi connectivity index (χ1v) is 3.34. The van der Waals surface area contributed by atoms with E-state index >= 15 is 0 Å². The lowest BCUT2D eigenvalue weighted by Gasteiger charge is -2.06. The zero-order valence-corrected chi connectivity index (χ0v) is 5.97. The predicted molar refractivity (Wildman–Crippen MR) is 29.4 cm³/mol. The molecule has 0 bridgehead atoms. The van der Waals surface area contributed by atoms with Crippen LogP contribution in [0.4, 0.5) is 17.6 Å². The lowest BCUT2D eigenvalue weighted by molar-refractivity contribution is -0.144. The summed E-state index contributed by atoms with van der Waals surface area (Å²) in [5, 5.41) is -0.257. The molecule has 0 aromatic rings. The topological polar surface area (TPSA) is 0 Å². The van der Waals surface area contributed by atoms with Gasteiger partial charge in [-0.25, -0.2) is 4.39 Å². The van der Waals surface area contributed by atoms with Crippen molar-refractivity contribution in [1.29, 1.82) is 0 Å². The zero-order chi connectivity index (χ0) is 7.49. The molecule has 0 unspecified atom stereocenters. The molecule has 5 heteroatoms. The standard InChI is InChI=1S/C4H5BrF4/c5-2-3(6)1-4(7,8)9/h3H,1-2H2/t3-/m0/s1. The molecule has 0 amide bonds. The summed E-state index contributed by atoms with van der Waals surface area (Å²) in [5.41, 5.74) is 0. The highest BCUT2D eigenvalue weighted by Crippen LogP contribution is 2.23. The van der Waals surface area contributed by atoms with Gasteiger partial charge in [-0.2, -0.15) is 13.2 Å². The molecular formula is C4H5BrF4. The highest BCUT2D eigenvalue weighted by Gasteiger charge is 2.31. The molecular weight excluding hydrogens is 204 g/mol. The van der Waals surface area contributed by atoms with Crippen molar-refractivity contribution in [3.05, 3.63) is 0 Å². The van der Waals surface area contributed by atoms with Gasteiger partial charge in [0, 0.05) is 5.33 Å². The first-order chi connectivity index (χ1) is 3.95. The number of halogens is 5. The summed E-state index contributed by atoms with van der Waals surface area (Å²) in [5.74, 6) is 0. The van der Waals surface area contributed by atoms with Gasteiger partial charge in [-0.3, -0.25) is 0 Å². The monoisotopic (exact) mass is 208 g/mol. The van der Waals surface area contributed by atoms with Crippen LogP contribution in [-0.4, -0.2) is 17.7 Å². The van der Waals surface area contributed by atoms with Crippen LogP contribution in [0.2, 0.25) is 0 Å². The predicted octanol–water partition coefficient (Wildman–Crippen LogP) is 2.67. The lowest BCUT2D eigenvalue weighted by Crippen LogP contribution is -2.16. The van der Waals surface area contributed by atoms with Crippen LogP contribution >= 0.6 is 15.9 Å². The van der Waals surface area contributed by atoms with Crippen molar-refractivity contribution < 1.29 is 17.6 Å². The number of rotatable bonds is 2. The van der Waals surface area contributed by atoms with E-state index in [2.05, 4.69) is 15.9 Å². The summed E-state index contributed by atoms with van der Waals surface area (Å²) >= 11 is 2.59. The molecule has 0 heterocycles. The fourth-order valence-electron chi connectivity index (χ4n) is 0.306. The van der Waals surface area contributed by atoms with E-state index in [1.54, 1.807) is 0 Å². The third-order valence-electron chi connectivity index (χ3n) is 0.620. The van der Waals surface area contributed by atoms with Crippen molar-refractivity contribution in [2.24, 2.45) is 0 Å². The first kappa shape index (κ1) is 9.20. The summed E-state index contributed by atoms with van der Waals surface area (Å²) in [7, 11) is 0. The Morgan fingerprint density at radius 2 is 1.78 bits per heavy atom. The highest BCUT2D eigenvalue weighted by molar-refractivity contribution is 9.09. The van der Waals surface area contributed by atoms with Gasteiger partial charge in [0.25, 0.3) is 0 Å². The van der Waals surface area contributed by atoms with E-state index in [9.17, 15) is 17.6 Å². The highest BCUT2D eigenvalue weighted by atomic mass is 79.9. The molecule has 9 heavy (non-hydrogen) atoms. The number of hydrogen-bond donors (Lipinski definition) is 0. The van der Waals surface area contributed by atoms with Crippen molar-refractivity contribution in [2.75, 3.05) is 5.33 Å². The lowest BCUT2D eigenvalue weighted by atomic mass is 10.3. The van der Waals surface area contributed by atoms with Gasteiger partial charge in [0.15, 0.2) is 0 Å². The van der Waals surface area contributed by atoms with Gasteiger partial charge < -0.3 is 0 Å². The van der Waals surface area contributed by atoms with E-state index in [1.807, 2.05) is 0 Å². The Kier molecular flexibility index (Phi) is 3.46. The molecule has 0 spiro atoms. The second kappa shape index (κ2) is 3.39. The Morgan fingerprint density at radius 1 is 1.33 bits per heavy atom. The summed E-state index contributed by atoms with van der Waals surface area (Å²) in [6, 6.07) is 0. The van der Waals surface area contributed by atoms with Crippen molar-refractivity contribution in [1.82, 2.24) is 0 Å². The minimum Gasteiger partial charge on any atom is -0.246 e. The largest absolute Gasteiger partial charge is 0.391 e. The molecule has 0 aliphatic carbocycles. The Morgan fingerprint density at radius 3 is 1.89 bits per heavy atom. The van der Waals surface area contributed by atoms with E-state index in [4.69, 9.17) is 0 Å². The van der Waals surface area contributed by atoms with Crippen molar-refractivity contribution in [2.45, 2.75) is 18.8 Å². The molecule has 0 rings (SSSR count). The summed E-state index contributed by atoms with van der Waals surface area (Å²) in [4.78, 5) is 0. The molecule has 56 valence electrons. The molecule has 0 radical (unpaired) electrons. The molecule has 0 N–H and O–H groups in total. The Bertz CT molecular complexity index is 79.1. The maximum atomic E-state index is 11.9. The van der Waals surface area contributed by atoms with E-state index in [1.165, 1.54) is 0 Å². The third-order valence-corrected chi connectivity index (χ3v) is 1.32. The number of hydrogen-bond acceptors (Lipinski definition) is 0. The first-order valence-electron chi connectivity index (χ1n) is 2.22. The molecule has 0 aliphatic rings. The zero-order valence-electron chi connectivity index (χ0n) is 4.38. The second-order valence-electron chi connectivity index (χ2n) is 1.57. The third kappa shape index (κ3) is 6.08. The number of alkyl halides is 5. The van der Waals surface area contributed by atoms with Crippen LogP contribution in [0.1, 0.15) is 6.42 Å². The molecule has 0 saturated carbocycles. The van der Waals surface area contributed by atoms with Crippen LogP contribution in [0.15, 0.2) is 0 Å². The smallest absolute Gasteiger partial charge is 0.246 e. The van der Waals surface area contributed by atoms with Gasteiger partial charge in [0.05, 0.1) is 6.42 Å². The van der Waals surface area contributed by atoms with Gasteiger partial charge in [0.2, 0.25) is 0 Å². The van der Waals surface area contributed by atoms with E-state index in [0.717, 1.165) is 0 Å². The fourth-order valence-corrected chi connectivity index (χ4v) is 0.535. The van der Waals surface area contributed by atoms with E-state index in [-0.39, 0.29) is 5.33 Å². The summed E-state index contributed by atoms with van der Waals surface area (Å²) < 4.78 is 45.6. The minimum absolute atomic E-state index is 0.257. The average molecular weight is 209 g/mol. The SMILES string of the molecule is F[C@H](CBr)CC(F)(F)F. The van der Waals surface area contributed by atoms with Crippen LogP contribution in [0.25, 0.3) is 0 Å².